The number of anilines is 1. The van der Waals surface area contributed by atoms with Crippen LogP contribution in [0.3, 0.4) is 0 Å². The summed E-state index contributed by atoms with van der Waals surface area (Å²) in [6.45, 7) is 0. The van der Waals surface area contributed by atoms with Gasteiger partial charge in [-0.1, -0.05) is 18.2 Å². The molecule has 0 radical (unpaired) electrons. The van der Waals surface area contributed by atoms with E-state index in [0.29, 0.717) is 16.6 Å². The molecule has 1 aromatic carbocycles. The third kappa shape index (κ3) is 3.13. The van der Waals surface area contributed by atoms with Gasteiger partial charge in [0.05, 0.1) is 32.6 Å². The molecule has 0 saturated heterocycles. The maximum atomic E-state index is 12.5. The van der Waals surface area contributed by atoms with Crippen molar-refractivity contribution in [2.45, 2.75) is 0 Å². The number of ether oxygens (including phenoxy) is 3. The summed E-state index contributed by atoms with van der Waals surface area (Å²) in [6.07, 6.45) is 6.28. The predicted molar refractivity (Wildman–Crippen MR) is 99.3 cm³/mol. The van der Waals surface area contributed by atoms with Gasteiger partial charge in [0.25, 0.3) is 0 Å². The van der Waals surface area contributed by atoms with Crippen LogP contribution in [0.4, 0.5) is 5.69 Å². The van der Waals surface area contributed by atoms with E-state index in [-0.39, 0.29) is 17.0 Å². The number of hydrogen-bond acceptors (Lipinski definition) is 8. The quantitative estimate of drug-likeness (QED) is 0.629. The molecule has 1 aromatic heterocycles. The fraction of sp³-hybridized carbons (Fsp3) is 0.158. The van der Waals surface area contributed by atoms with Gasteiger partial charge in [-0.05, 0) is 18.2 Å². The van der Waals surface area contributed by atoms with Crippen molar-refractivity contribution in [3.63, 3.8) is 0 Å². The highest BCUT2D eigenvalue weighted by molar-refractivity contribution is 6.09. The van der Waals surface area contributed by atoms with Crippen LogP contribution in [0.15, 0.2) is 53.9 Å². The van der Waals surface area contributed by atoms with E-state index in [1.165, 1.54) is 32.3 Å². The summed E-state index contributed by atoms with van der Waals surface area (Å²) < 4.78 is 14.4. The number of nitrogens with one attached hydrogen (secondary N) is 1. The van der Waals surface area contributed by atoms with Gasteiger partial charge in [-0.25, -0.2) is 14.4 Å². The van der Waals surface area contributed by atoms with Crippen molar-refractivity contribution >= 4 is 34.5 Å². The van der Waals surface area contributed by atoms with Crippen molar-refractivity contribution in [3.05, 3.63) is 59.6 Å². The lowest BCUT2D eigenvalue weighted by molar-refractivity contribution is -0.139. The van der Waals surface area contributed by atoms with Crippen LogP contribution in [0.2, 0.25) is 0 Å². The van der Waals surface area contributed by atoms with Crippen LogP contribution in [0, 0.1) is 0 Å². The van der Waals surface area contributed by atoms with Crippen molar-refractivity contribution in [1.82, 2.24) is 10.2 Å². The molecule has 0 amide bonds. The predicted octanol–water partition coefficient (Wildman–Crippen LogP) is 1.84. The Morgan fingerprint density at radius 1 is 0.964 bits per heavy atom. The number of allylic oxidation sites excluding steroid dienone is 2. The van der Waals surface area contributed by atoms with Gasteiger partial charge in [-0.15, -0.1) is 0 Å². The molecular weight excluding hydrogens is 366 g/mol. The number of rotatable bonds is 4. The smallest absolute Gasteiger partial charge is 0.356 e. The standard InChI is InChI=1S/C19H17N3O6/c1-26-17(23)12-7-4-5-10-22(16(12)19(25)28-3)13-9-6-8-11-14(13)20-21-15(11)18(24)27-2/h4-10H,1-3H3,(H,20,21). The van der Waals surface area contributed by atoms with Crippen LogP contribution in [0.5, 0.6) is 0 Å². The van der Waals surface area contributed by atoms with Crippen molar-refractivity contribution < 1.29 is 28.6 Å². The van der Waals surface area contributed by atoms with Gasteiger partial charge in [0.1, 0.15) is 11.2 Å². The zero-order valence-electron chi connectivity index (χ0n) is 15.4. The molecule has 0 aliphatic carbocycles. The minimum Gasteiger partial charge on any atom is -0.465 e. The van der Waals surface area contributed by atoms with E-state index in [9.17, 15) is 14.4 Å². The molecule has 9 heteroatoms. The molecule has 9 nitrogen and oxygen atoms in total. The number of nitrogens with zero attached hydrogens (tertiary/aromatic N) is 2. The molecule has 0 atom stereocenters. The number of carbonyl (C=O) groups excluding carboxylic acids is 3. The summed E-state index contributed by atoms with van der Waals surface area (Å²) in [5.74, 6) is -2.01. The largest absolute Gasteiger partial charge is 0.465 e. The SMILES string of the molecule is COC(=O)C1=C(C(=O)OC)N(c2cccc3c(C(=O)OC)[nH]nc23)C=CC=C1. The number of carbonyl (C=O) groups is 3. The number of hydrogen-bond donors (Lipinski definition) is 1. The lowest BCUT2D eigenvalue weighted by Gasteiger charge is -2.23. The Bertz CT molecular complexity index is 1050. The van der Waals surface area contributed by atoms with Crippen LogP contribution in [-0.2, 0) is 23.8 Å². The van der Waals surface area contributed by atoms with Crippen LogP contribution < -0.4 is 4.90 Å². The second-order valence-corrected chi connectivity index (χ2v) is 5.58. The average Bonchev–Trinajstić information content (AvgIpc) is 3.04. The molecule has 0 fully saturated rings. The normalized spacial score (nSPS) is 13.5. The second kappa shape index (κ2) is 7.78. The highest BCUT2D eigenvalue weighted by Crippen LogP contribution is 2.32. The van der Waals surface area contributed by atoms with Gasteiger partial charge in [0, 0.05) is 11.6 Å². The molecule has 0 bridgehead atoms. The van der Waals surface area contributed by atoms with Crippen molar-refractivity contribution in [2.24, 2.45) is 0 Å². The lowest BCUT2D eigenvalue weighted by Crippen LogP contribution is -2.27. The Morgan fingerprint density at radius 2 is 1.68 bits per heavy atom. The van der Waals surface area contributed by atoms with E-state index >= 15 is 0 Å². The van der Waals surface area contributed by atoms with Gasteiger partial charge >= 0.3 is 17.9 Å². The number of fused-ring (bicyclic) bond motifs is 1. The minimum atomic E-state index is -0.739. The zero-order valence-corrected chi connectivity index (χ0v) is 15.4. The molecule has 3 rings (SSSR count). The van der Waals surface area contributed by atoms with E-state index < -0.39 is 17.9 Å². The van der Waals surface area contributed by atoms with Crippen LogP contribution in [-0.4, -0.2) is 49.4 Å². The molecular formula is C19H17N3O6. The summed E-state index contributed by atoms with van der Waals surface area (Å²) in [5.41, 5.74) is 0.994. The van der Waals surface area contributed by atoms with E-state index in [4.69, 9.17) is 14.2 Å². The monoisotopic (exact) mass is 383 g/mol. The first-order chi connectivity index (χ1) is 13.5. The van der Waals surface area contributed by atoms with E-state index in [0.717, 1.165) is 0 Å². The number of methoxy groups -OCH3 is 3. The summed E-state index contributed by atoms with van der Waals surface area (Å²) in [6, 6.07) is 5.08. The van der Waals surface area contributed by atoms with Crippen molar-refractivity contribution in [3.8, 4) is 0 Å². The number of aromatic nitrogens is 2. The van der Waals surface area contributed by atoms with Gasteiger partial charge in [-0.2, -0.15) is 5.10 Å². The van der Waals surface area contributed by atoms with E-state index in [1.807, 2.05) is 0 Å². The fourth-order valence-electron chi connectivity index (χ4n) is 2.83. The number of H-pyrrole nitrogens is 1. The van der Waals surface area contributed by atoms with Gasteiger partial charge < -0.3 is 19.1 Å². The highest BCUT2D eigenvalue weighted by Gasteiger charge is 2.29. The average molecular weight is 383 g/mol. The molecule has 1 N–H and O–H groups in total. The van der Waals surface area contributed by atoms with Gasteiger partial charge in [-0.3, -0.25) is 5.10 Å². The Hall–Kier alpha value is -3.88. The number of benzene rings is 1. The van der Waals surface area contributed by atoms with Crippen molar-refractivity contribution in [1.29, 1.82) is 0 Å². The Labute approximate surface area is 159 Å². The maximum absolute atomic E-state index is 12.5. The second-order valence-electron chi connectivity index (χ2n) is 5.58. The first-order valence-electron chi connectivity index (χ1n) is 8.13. The highest BCUT2D eigenvalue weighted by atomic mass is 16.5. The van der Waals surface area contributed by atoms with Crippen LogP contribution in [0.1, 0.15) is 10.5 Å². The molecule has 0 spiro atoms. The van der Waals surface area contributed by atoms with Crippen LogP contribution >= 0.6 is 0 Å². The first-order valence-corrected chi connectivity index (χ1v) is 8.13. The zero-order chi connectivity index (χ0) is 20.3. The minimum absolute atomic E-state index is 0.0140. The number of aromatic amines is 1. The molecule has 2 aromatic rings. The summed E-state index contributed by atoms with van der Waals surface area (Å²) in [7, 11) is 3.70. The summed E-state index contributed by atoms with van der Waals surface area (Å²) in [4.78, 5) is 38.2. The van der Waals surface area contributed by atoms with Gasteiger partial charge in [0.2, 0.25) is 0 Å². The molecule has 0 unspecified atom stereocenters. The first kappa shape index (κ1) is 18.9. The van der Waals surface area contributed by atoms with E-state index in [1.54, 1.807) is 36.6 Å². The summed E-state index contributed by atoms with van der Waals surface area (Å²) in [5, 5.41) is 7.34. The maximum Gasteiger partial charge on any atom is 0.356 e. The van der Waals surface area contributed by atoms with Crippen LogP contribution in [0.25, 0.3) is 10.9 Å². The number of para-hydroxylation sites is 1. The topological polar surface area (TPSA) is 111 Å². The fourth-order valence-corrected chi connectivity index (χ4v) is 2.83. The Kier molecular flexibility index (Phi) is 5.25. The van der Waals surface area contributed by atoms with Gasteiger partial charge in [0.15, 0.2) is 5.69 Å². The number of esters is 3. The van der Waals surface area contributed by atoms with E-state index in [2.05, 4.69) is 10.2 Å². The molecule has 144 valence electrons. The summed E-state index contributed by atoms with van der Waals surface area (Å²) >= 11 is 0. The van der Waals surface area contributed by atoms with Crippen molar-refractivity contribution in [2.75, 3.05) is 26.2 Å². The third-order valence-corrected chi connectivity index (χ3v) is 4.10. The Balaban J connectivity index is 2.26. The Morgan fingerprint density at radius 3 is 2.36 bits per heavy atom. The third-order valence-electron chi connectivity index (χ3n) is 4.10. The molecule has 0 saturated carbocycles. The molecule has 2 heterocycles. The molecule has 1 aliphatic rings. The molecule has 28 heavy (non-hydrogen) atoms. The lowest BCUT2D eigenvalue weighted by atomic mass is 10.1. The molecule has 1 aliphatic heterocycles.